The lowest BCUT2D eigenvalue weighted by Gasteiger charge is -2.06. The molecule has 0 aliphatic rings. The summed E-state index contributed by atoms with van der Waals surface area (Å²) >= 11 is 1.98. The molecule has 0 aliphatic heterocycles. The van der Waals surface area contributed by atoms with Crippen molar-refractivity contribution in [3.63, 3.8) is 0 Å². The van der Waals surface area contributed by atoms with Crippen LogP contribution < -0.4 is 5.73 Å². The Balaban J connectivity index is 2.82. The molecule has 0 aliphatic carbocycles. The number of nitrogen functional groups attached to an aromatic ring is 1. The minimum absolute atomic E-state index is 0.151. The molecule has 2 aromatic heterocycles. The van der Waals surface area contributed by atoms with Gasteiger partial charge in [-0.1, -0.05) is 0 Å². The van der Waals surface area contributed by atoms with E-state index >= 15 is 0 Å². The van der Waals surface area contributed by atoms with Gasteiger partial charge in [0.2, 0.25) is 5.82 Å². The highest BCUT2D eigenvalue weighted by Gasteiger charge is 2.36. The fourth-order valence-electron chi connectivity index (χ4n) is 1.37. The Kier molecular flexibility index (Phi) is 2.48. The van der Waals surface area contributed by atoms with Gasteiger partial charge in [-0.25, -0.2) is 9.97 Å². The number of fused-ring (bicyclic) bond motifs is 1. The topological polar surface area (TPSA) is 56.7 Å². The number of halogens is 4. The zero-order valence-electron chi connectivity index (χ0n) is 8.01. The molecule has 0 unspecified atom stereocenters. The van der Waals surface area contributed by atoms with E-state index in [4.69, 9.17) is 5.73 Å². The Labute approximate surface area is 102 Å². The van der Waals surface area contributed by atoms with Gasteiger partial charge in [0, 0.05) is 16.8 Å². The van der Waals surface area contributed by atoms with Crippen LogP contribution in [0.3, 0.4) is 0 Å². The van der Waals surface area contributed by atoms with Gasteiger partial charge in [-0.2, -0.15) is 13.2 Å². The van der Waals surface area contributed by atoms with Crippen LogP contribution in [-0.4, -0.2) is 14.5 Å². The van der Waals surface area contributed by atoms with Gasteiger partial charge >= 0.3 is 6.18 Å². The first-order valence-corrected chi connectivity index (χ1v) is 5.24. The van der Waals surface area contributed by atoms with E-state index < -0.39 is 12.0 Å². The van der Waals surface area contributed by atoms with Crippen LogP contribution >= 0.6 is 22.6 Å². The molecule has 0 saturated heterocycles. The minimum atomic E-state index is -4.59. The number of alkyl halides is 3. The van der Waals surface area contributed by atoms with Crippen LogP contribution in [0.5, 0.6) is 0 Å². The van der Waals surface area contributed by atoms with Crippen LogP contribution in [0.25, 0.3) is 11.0 Å². The van der Waals surface area contributed by atoms with Crippen LogP contribution in [0.4, 0.5) is 19.0 Å². The zero-order chi connectivity index (χ0) is 12.1. The molecule has 0 aromatic carbocycles. The summed E-state index contributed by atoms with van der Waals surface area (Å²) in [5.41, 5.74) is 5.68. The summed E-state index contributed by atoms with van der Waals surface area (Å²) in [7, 11) is 1.61. The lowest BCUT2D eigenvalue weighted by molar-refractivity contribution is -0.144. The van der Waals surface area contributed by atoms with Crippen molar-refractivity contribution in [2.45, 2.75) is 6.18 Å². The first-order chi connectivity index (χ1) is 7.30. The monoisotopic (exact) mass is 342 g/mol. The van der Waals surface area contributed by atoms with E-state index in [2.05, 4.69) is 9.97 Å². The second-order valence-electron chi connectivity index (χ2n) is 3.22. The largest absolute Gasteiger partial charge is 0.451 e. The summed E-state index contributed by atoms with van der Waals surface area (Å²) in [6.45, 7) is 0. The first kappa shape index (κ1) is 11.4. The molecule has 0 amide bonds. The third-order valence-corrected chi connectivity index (χ3v) is 2.87. The van der Waals surface area contributed by atoms with Gasteiger partial charge in [0.15, 0.2) is 0 Å². The van der Waals surface area contributed by atoms with Gasteiger partial charge in [0.05, 0.1) is 5.39 Å². The van der Waals surface area contributed by atoms with Crippen molar-refractivity contribution in [1.29, 1.82) is 0 Å². The smallest absolute Gasteiger partial charge is 0.383 e. The summed E-state index contributed by atoms with van der Waals surface area (Å²) in [6.07, 6.45) is -2.94. The lowest BCUT2D eigenvalue weighted by atomic mass is 10.3. The molecule has 2 N–H and O–H groups in total. The number of nitrogens with zero attached hydrogens (tertiary/aromatic N) is 3. The van der Waals surface area contributed by atoms with E-state index in [1.807, 2.05) is 22.6 Å². The van der Waals surface area contributed by atoms with Crippen molar-refractivity contribution in [3.8, 4) is 0 Å². The van der Waals surface area contributed by atoms with E-state index in [1.165, 1.54) is 4.57 Å². The van der Waals surface area contributed by atoms with Gasteiger partial charge in [-0.3, -0.25) is 0 Å². The highest BCUT2D eigenvalue weighted by molar-refractivity contribution is 14.1. The van der Waals surface area contributed by atoms with Crippen molar-refractivity contribution < 1.29 is 13.2 Å². The number of anilines is 1. The van der Waals surface area contributed by atoms with Crippen LogP contribution in [0.15, 0.2) is 6.20 Å². The summed E-state index contributed by atoms with van der Waals surface area (Å²) in [5, 5.41) is 0.455. The number of nitrogens with two attached hydrogens (primary N) is 1. The zero-order valence-corrected chi connectivity index (χ0v) is 10.2. The number of hydrogen-bond donors (Lipinski definition) is 1. The maximum Gasteiger partial charge on any atom is 0.451 e. The fourth-order valence-corrected chi connectivity index (χ4v) is 2.31. The normalized spacial score (nSPS) is 12.3. The summed E-state index contributed by atoms with van der Waals surface area (Å²) in [4.78, 5) is 6.74. The van der Waals surface area contributed by atoms with E-state index in [0.717, 1.165) is 3.57 Å². The molecule has 2 rings (SSSR count). The Bertz CT molecular complexity index is 560. The Morgan fingerprint density at radius 2 is 2.00 bits per heavy atom. The molecule has 0 saturated carbocycles. The van der Waals surface area contributed by atoms with Crippen molar-refractivity contribution in [2.75, 3.05) is 5.73 Å². The lowest BCUT2D eigenvalue weighted by Crippen LogP contribution is -2.13. The summed E-state index contributed by atoms with van der Waals surface area (Å²) < 4.78 is 39.5. The van der Waals surface area contributed by atoms with Gasteiger partial charge in [-0.05, 0) is 22.6 Å². The van der Waals surface area contributed by atoms with Crippen LogP contribution in [0.2, 0.25) is 0 Å². The predicted molar refractivity (Wildman–Crippen MR) is 60.6 cm³/mol. The van der Waals surface area contributed by atoms with Gasteiger partial charge in [0.25, 0.3) is 0 Å². The third kappa shape index (κ3) is 1.70. The second kappa shape index (κ2) is 3.47. The molecule has 0 atom stereocenters. The predicted octanol–water partition coefficient (Wildman–Crippen LogP) is 2.17. The molecule has 2 aromatic rings. The van der Waals surface area contributed by atoms with Crippen LogP contribution in [0, 0.1) is 3.57 Å². The van der Waals surface area contributed by atoms with Gasteiger partial charge in [-0.15, -0.1) is 0 Å². The molecule has 86 valence electrons. The number of aryl methyl sites for hydroxylation is 1. The molecular weight excluding hydrogens is 336 g/mol. The Hall–Kier alpha value is -1.06. The van der Waals surface area contributed by atoms with Gasteiger partial charge in [0.1, 0.15) is 11.5 Å². The van der Waals surface area contributed by atoms with Crippen LogP contribution in [-0.2, 0) is 13.2 Å². The third-order valence-electron chi connectivity index (χ3n) is 2.05. The summed E-state index contributed by atoms with van der Waals surface area (Å²) in [5.74, 6) is -1.36. The Morgan fingerprint density at radius 3 is 2.56 bits per heavy atom. The molecule has 0 fully saturated rings. The van der Waals surface area contributed by atoms with Gasteiger partial charge < -0.3 is 10.3 Å². The molecule has 8 heteroatoms. The first-order valence-electron chi connectivity index (χ1n) is 4.16. The maximum absolute atomic E-state index is 12.4. The molecule has 0 spiro atoms. The molecule has 16 heavy (non-hydrogen) atoms. The van der Waals surface area contributed by atoms with E-state index in [9.17, 15) is 13.2 Å². The quantitative estimate of drug-likeness (QED) is 0.747. The fraction of sp³-hybridized carbons (Fsp3) is 0.250. The van der Waals surface area contributed by atoms with Crippen molar-refractivity contribution in [3.05, 3.63) is 15.6 Å². The summed E-state index contributed by atoms with van der Waals surface area (Å²) in [6, 6.07) is 0. The SMILES string of the molecule is Cn1cc(I)c2c(N)nc(C(F)(F)F)nc21. The minimum Gasteiger partial charge on any atom is -0.383 e. The molecular formula is C8H6F3IN4. The maximum atomic E-state index is 12.4. The molecule has 4 nitrogen and oxygen atoms in total. The number of rotatable bonds is 0. The average Bonchev–Trinajstić information content (AvgIpc) is 2.41. The van der Waals surface area contributed by atoms with Crippen molar-refractivity contribution in [1.82, 2.24) is 14.5 Å². The number of hydrogen-bond acceptors (Lipinski definition) is 3. The molecule has 0 radical (unpaired) electrons. The van der Waals surface area contributed by atoms with E-state index in [-0.39, 0.29) is 11.5 Å². The van der Waals surface area contributed by atoms with E-state index in [0.29, 0.717) is 5.39 Å². The molecule has 2 heterocycles. The van der Waals surface area contributed by atoms with Crippen molar-refractivity contribution >= 4 is 39.4 Å². The van der Waals surface area contributed by atoms with E-state index in [1.54, 1.807) is 13.2 Å². The highest BCUT2D eigenvalue weighted by Crippen LogP contribution is 2.31. The highest BCUT2D eigenvalue weighted by atomic mass is 127. The van der Waals surface area contributed by atoms with Crippen LogP contribution in [0.1, 0.15) is 5.82 Å². The number of aromatic nitrogens is 3. The standard InChI is InChI=1S/C8H6F3IN4/c1-16-2-3(12)4-5(13)14-7(8(9,10)11)15-6(4)16/h2H,1H3,(H2,13,14,15). The average molecular weight is 342 g/mol. The second-order valence-corrected chi connectivity index (χ2v) is 4.38. The molecule has 0 bridgehead atoms. The Morgan fingerprint density at radius 1 is 1.38 bits per heavy atom. The van der Waals surface area contributed by atoms with Crippen molar-refractivity contribution in [2.24, 2.45) is 7.05 Å².